The molecule has 0 aromatic carbocycles. The summed E-state index contributed by atoms with van der Waals surface area (Å²) in [4.78, 5) is 0. The van der Waals surface area contributed by atoms with Gasteiger partial charge in [0.2, 0.25) is 0 Å². The van der Waals surface area contributed by atoms with Crippen LogP contribution in [0.5, 0.6) is 0 Å². The molecule has 5 atom stereocenters. The first-order valence-electron chi connectivity index (χ1n) is 10.1. The molecule has 1 aliphatic heterocycles. The third-order valence-corrected chi connectivity index (χ3v) is 5.12. The highest BCUT2D eigenvalue weighted by molar-refractivity contribution is 5.13. The Balaban J connectivity index is 2.35. The molecule has 3 heteroatoms. The Bertz CT molecular complexity index is 554. The van der Waals surface area contributed by atoms with Gasteiger partial charge in [0.25, 0.3) is 0 Å². The van der Waals surface area contributed by atoms with E-state index in [4.69, 9.17) is 4.74 Å². The van der Waals surface area contributed by atoms with Crippen LogP contribution in [0, 0.1) is 11.8 Å². The molecule has 0 aromatic rings. The van der Waals surface area contributed by atoms with Crippen LogP contribution in [0.4, 0.5) is 0 Å². The quantitative estimate of drug-likeness (QED) is 0.302. The van der Waals surface area contributed by atoms with Crippen LogP contribution in [-0.4, -0.2) is 28.2 Å². The van der Waals surface area contributed by atoms with Crippen molar-refractivity contribution in [3.63, 3.8) is 0 Å². The Morgan fingerprint density at radius 2 is 2.00 bits per heavy atom. The lowest BCUT2D eigenvalue weighted by Crippen LogP contribution is -2.50. The smallest absolute Gasteiger partial charge is 0.168 e. The van der Waals surface area contributed by atoms with E-state index in [9.17, 15) is 10.2 Å². The van der Waals surface area contributed by atoms with Gasteiger partial charge in [-0.3, -0.25) is 0 Å². The molecule has 0 saturated carbocycles. The standard InChI is InChI=1S/C24H38O3/c1-6-7-8-9-11-14-19(2)17-20(3)15-12-10-13-16-22-18-23(25)21(4)24(5,26)27-22/h6,9-15,20-23,25-26H,1,7-8,16-18H2,2-5H3/b11-9+,13-10+,15-12+,19-14+/t20-,21+,22+,23-,24-/m0/s1. The third-order valence-electron chi connectivity index (χ3n) is 5.12. The molecule has 1 fully saturated rings. The van der Waals surface area contributed by atoms with E-state index in [1.807, 2.05) is 25.2 Å². The highest BCUT2D eigenvalue weighted by Crippen LogP contribution is 2.33. The van der Waals surface area contributed by atoms with Gasteiger partial charge in [-0.2, -0.15) is 0 Å². The van der Waals surface area contributed by atoms with E-state index < -0.39 is 11.9 Å². The molecule has 0 spiro atoms. The predicted octanol–water partition coefficient (Wildman–Crippen LogP) is 5.48. The summed E-state index contributed by atoms with van der Waals surface area (Å²) >= 11 is 0. The number of hydrogen-bond donors (Lipinski definition) is 2. The Hall–Kier alpha value is -1.42. The summed E-state index contributed by atoms with van der Waals surface area (Å²) in [6.07, 6.45) is 20.4. The van der Waals surface area contributed by atoms with E-state index in [2.05, 4.69) is 50.8 Å². The molecule has 0 radical (unpaired) electrons. The van der Waals surface area contributed by atoms with E-state index in [1.54, 1.807) is 6.92 Å². The minimum Gasteiger partial charge on any atom is -0.393 e. The van der Waals surface area contributed by atoms with Crippen LogP contribution in [0.3, 0.4) is 0 Å². The summed E-state index contributed by atoms with van der Waals surface area (Å²) < 4.78 is 5.70. The second-order valence-corrected chi connectivity index (χ2v) is 7.92. The van der Waals surface area contributed by atoms with Gasteiger partial charge >= 0.3 is 0 Å². The molecule has 0 amide bonds. The van der Waals surface area contributed by atoms with Crippen molar-refractivity contribution in [3.8, 4) is 0 Å². The van der Waals surface area contributed by atoms with Gasteiger partial charge in [0.1, 0.15) is 0 Å². The van der Waals surface area contributed by atoms with E-state index >= 15 is 0 Å². The van der Waals surface area contributed by atoms with E-state index in [-0.39, 0.29) is 12.0 Å². The summed E-state index contributed by atoms with van der Waals surface area (Å²) in [5, 5.41) is 20.3. The summed E-state index contributed by atoms with van der Waals surface area (Å²) in [7, 11) is 0. The Labute approximate surface area is 165 Å². The van der Waals surface area contributed by atoms with Crippen molar-refractivity contribution in [2.75, 3.05) is 0 Å². The van der Waals surface area contributed by atoms with Crippen molar-refractivity contribution in [1.82, 2.24) is 0 Å². The second-order valence-electron chi connectivity index (χ2n) is 7.92. The predicted molar refractivity (Wildman–Crippen MR) is 114 cm³/mol. The first-order chi connectivity index (χ1) is 12.8. The van der Waals surface area contributed by atoms with Crippen LogP contribution in [0.2, 0.25) is 0 Å². The molecule has 27 heavy (non-hydrogen) atoms. The third kappa shape index (κ3) is 9.37. The van der Waals surface area contributed by atoms with Crippen molar-refractivity contribution in [2.24, 2.45) is 11.8 Å². The topological polar surface area (TPSA) is 49.7 Å². The highest BCUT2D eigenvalue weighted by atomic mass is 16.6. The minimum absolute atomic E-state index is 0.147. The number of unbranched alkanes of at least 4 members (excludes halogenated alkanes) is 1. The zero-order chi connectivity index (χ0) is 20.3. The summed E-state index contributed by atoms with van der Waals surface area (Å²) in [6.45, 7) is 11.5. The molecule has 152 valence electrons. The number of hydrogen-bond acceptors (Lipinski definition) is 3. The van der Waals surface area contributed by atoms with Gasteiger partial charge in [-0.1, -0.05) is 68.0 Å². The molecular formula is C24H38O3. The zero-order valence-corrected chi connectivity index (χ0v) is 17.5. The van der Waals surface area contributed by atoms with Crippen LogP contribution in [0.15, 0.2) is 60.8 Å². The summed E-state index contributed by atoms with van der Waals surface area (Å²) in [6, 6.07) is 0. The molecule has 2 N–H and O–H groups in total. The minimum atomic E-state index is -1.26. The molecule has 1 aliphatic rings. The van der Waals surface area contributed by atoms with Gasteiger partial charge in [-0.05, 0) is 45.4 Å². The fourth-order valence-electron chi connectivity index (χ4n) is 3.22. The largest absolute Gasteiger partial charge is 0.393 e. The molecule has 1 heterocycles. The first kappa shape index (κ1) is 23.6. The van der Waals surface area contributed by atoms with Crippen LogP contribution in [-0.2, 0) is 4.74 Å². The SMILES string of the molecule is C=CCC/C=C/C=C(\C)C[C@@H](C)/C=C/C=C/C[C@@H]1C[C@H](O)[C@@H](C)[C@@](C)(O)O1. The van der Waals surface area contributed by atoms with Crippen molar-refractivity contribution >= 4 is 0 Å². The molecule has 0 unspecified atom stereocenters. The fraction of sp³-hybridized carbons (Fsp3) is 0.583. The van der Waals surface area contributed by atoms with Gasteiger partial charge in [-0.25, -0.2) is 0 Å². The molecule has 0 aromatic heterocycles. The summed E-state index contributed by atoms with van der Waals surface area (Å²) in [5.41, 5.74) is 1.37. The Morgan fingerprint density at radius 1 is 1.26 bits per heavy atom. The lowest BCUT2D eigenvalue weighted by atomic mass is 9.87. The molecule has 1 saturated heterocycles. The van der Waals surface area contributed by atoms with Gasteiger partial charge in [-0.15, -0.1) is 6.58 Å². The van der Waals surface area contributed by atoms with E-state index in [0.717, 1.165) is 19.3 Å². The molecule has 1 rings (SSSR count). The fourth-order valence-corrected chi connectivity index (χ4v) is 3.22. The van der Waals surface area contributed by atoms with E-state index in [0.29, 0.717) is 18.8 Å². The normalized spacial score (nSPS) is 31.2. The summed E-state index contributed by atoms with van der Waals surface area (Å²) in [5.74, 6) is -1.06. The van der Waals surface area contributed by atoms with Gasteiger partial charge in [0.05, 0.1) is 12.2 Å². The van der Waals surface area contributed by atoms with Crippen molar-refractivity contribution in [1.29, 1.82) is 0 Å². The van der Waals surface area contributed by atoms with Gasteiger partial charge < -0.3 is 14.9 Å². The maximum atomic E-state index is 10.2. The molecule has 0 bridgehead atoms. The number of allylic oxidation sites excluding steroid dienone is 8. The zero-order valence-electron chi connectivity index (χ0n) is 17.5. The molecular weight excluding hydrogens is 336 g/mol. The average molecular weight is 375 g/mol. The molecule has 0 aliphatic carbocycles. The lowest BCUT2D eigenvalue weighted by molar-refractivity contribution is -0.290. The number of rotatable bonds is 10. The van der Waals surface area contributed by atoms with Crippen LogP contribution in [0.25, 0.3) is 0 Å². The maximum Gasteiger partial charge on any atom is 0.168 e. The number of aliphatic hydroxyl groups is 2. The van der Waals surface area contributed by atoms with Crippen molar-refractivity contribution < 1.29 is 14.9 Å². The average Bonchev–Trinajstić information content (AvgIpc) is 2.58. The lowest BCUT2D eigenvalue weighted by Gasteiger charge is -2.42. The van der Waals surface area contributed by atoms with E-state index in [1.165, 1.54) is 5.57 Å². The second kappa shape index (κ2) is 12.1. The van der Waals surface area contributed by atoms with Gasteiger partial charge in [0.15, 0.2) is 5.79 Å². The van der Waals surface area contributed by atoms with Crippen LogP contribution in [0.1, 0.15) is 59.8 Å². The number of ether oxygens (including phenoxy) is 1. The highest BCUT2D eigenvalue weighted by Gasteiger charge is 2.42. The Kier molecular flexibility index (Phi) is 10.6. The Morgan fingerprint density at radius 3 is 2.67 bits per heavy atom. The maximum absolute atomic E-state index is 10.2. The van der Waals surface area contributed by atoms with Crippen molar-refractivity contribution in [2.45, 2.75) is 77.8 Å². The van der Waals surface area contributed by atoms with Crippen molar-refractivity contribution in [3.05, 3.63) is 60.8 Å². The van der Waals surface area contributed by atoms with Gasteiger partial charge in [0, 0.05) is 12.3 Å². The van der Waals surface area contributed by atoms with Crippen LogP contribution < -0.4 is 0 Å². The number of aliphatic hydroxyl groups excluding tert-OH is 1. The van der Waals surface area contributed by atoms with Crippen LogP contribution >= 0.6 is 0 Å². The monoisotopic (exact) mass is 374 g/mol. The first-order valence-corrected chi connectivity index (χ1v) is 10.1. The molecule has 3 nitrogen and oxygen atoms in total.